The zero-order valence-electron chi connectivity index (χ0n) is 7.41. The highest BCUT2D eigenvalue weighted by molar-refractivity contribution is 9.10. The van der Waals surface area contributed by atoms with Crippen molar-refractivity contribution in [2.45, 2.75) is 6.92 Å². The zero-order valence-corrected chi connectivity index (χ0v) is 9.00. The lowest BCUT2D eigenvalue weighted by Gasteiger charge is -2.04. The van der Waals surface area contributed by atoms with Crippen LogP contribution in [-0.4, -0.2) is 16.5 Å². The third-order valence-electron chi connectivity index (χ3n) is 2.00. The van der Waals surface area contributed by atoms with E-state index in [1.807, 2.05) is 23.6 Å². The maximum absolute atomic E-state index is 5.20. The van der Waals surface area contributed by atoms with Gasteiger partial charge in [-0.25, -0.2) is 4.98 Å². The van der Waals surface area contributed by atoms with E-state index in [0.29, 0.717) is 0 Å². The van der Waals surface area contributed by atoms with Crippen molar-refractivity contribution in [2.75, 3.05) is 7.11 Å². The predicted molar refractivity (Wildman–Crippen MR) is 54.2 cm³/mol. The number of pyridine rings is 1. The van der Waals surface area contributed by atoms with E-state index in [1.165, 1.54) is 0 Å². The Morgan fingerprint density at radius 3 is 3.00 bits per heavy atom. The molecule has 0 fully saturated rings. The molecule has 0 aliphatic rings. The van der Waals surface area contributed by atoms with Crippen molar-refractivity contribution in [3.05, 3.63) is 28.8 Å². The van der Waals surface area contributed by atoms with Gasteiger partial charge in [0.25, 0.3) is 0 Å². The Hall–Kier alpha value is -1.03. The number of aromatic nitrogens is 2. The first-order valence-electron chi connectivity index (χ1n) is 3.89. The molecule has 2 aromatic rings. The predicted octanol–water partition coefficient (Wildman–Crippen LogP) is 2.41. The van der Waals surface area contributed by atoms with Crippen molar-refractivity contribution in [1.29, 1.82) is 0 Å². The van der Waals surface area contributed by atoms with Crippen molar-refractivity contribution in [3.8, 4) is 5.75 Å². The van der Waals surface area contributed by atoms with Crippen LogP contribution in [0.4, 0.5) is 0 Å². The molecule has 2 rings (SSSR count). The van der Waals surface area contributed by atoms with Crippen LogP contribution in [-0.2, 0) is 0 Å². The first kappa shape index (κ1) is 8.56. The smallest absolute Gasteiger partial charge is 0.138 e. The molecule has 2 aromatic heterocycles. The molecule has 0 atom stereocenters. The Labute approximate surface area is 84.5 Å². The van der Waals surface area contributed by atoms with Gasteiger partial charge in [0.2, 0.25) is 0 Å². The van der Waals surface area contributed by atoms with Gasteiger partial charge in [-0.15, -0.1) is 0 Å². The van der Waals surface area contributed by atoms with E-state index in [-0.39, 0.29) is 0 Å². The molecule has 0 amide bonds. The first-order chi connectivity index (χ1) is 6.22. The van der Waals surface area contributed by atoms with Gasteiger partial charge >= 0.3 is 0 Å². The maximum atomic E-state index is 5.20. The molecule has 0 saturated carbocycles. The van der Waals surface area contributed by atoms with Gasteiger partial charge in [0.1, 0.15) is 16.7 Å². The van der Waals surface area contributed by atoms with Gasteiger partial charge in [-0.2, -0.15) is 0 Å². The third-order valence-corrected chi connectivity index (χ3v) is 2.61. The Morgan fingerprint density at radius 2 is 2.31 bits per heavy atom. The summed E-state index contributed by atoms with van der Waals surface area (Å²) < 4.78 is 7.98. The van der Waals surface area contributed by atoms with Crippen molar-refractivity contribution >= 4 is 21.4 Å². The molecule has 4 heteroatoms. The second kappa shape index (κ2) is 3.03. The summed E-state index contributed by atoms with van der Waals surface area (Å²) in [4.78, 5) is 4.14. The highest BCUT2D eigenvalue weighted by Gasteiger charge is 2.04. The van der Waals surface area contributed by atoms with Crippen LogP contribution < -0.4 is 4.74 Å². The molecule has 0 aromatic carbocycles. The lowest BCUT2D eigenvalue weighted by Crippen LogP contribution is -1.91. The van der Waals surface area contributed by atoms with Crippen LogP contribution in [0, 0.1) is 6.92 Å². The molecule has 2 heterocycles. The van der Waals surface area contributed by atoms with Crippen LogP contribution in [0.1, 0.15) is 5.56 Å². The number of halogens is 1. The van der Waals surface area contributed by atoms with Crippen LogP contribution in [0.15, 0.2) is 23.2 Å². The van der Waals surface area contributed by atoms with Crippen molar-refractivity contribution in [1.82, 2.24) is 9.38 Å². The fraction of sp³-hybridized carbons (Fsp3) is 0.222. The molecule has 13 heavy (non-hydrogen) atoms. The average Bonchev–Trinajstić information content (AvgIpc) is 2.47. The summed E-state index contributed by atoms with van der Waals surface area (Å²) in [7, 11) is 1.67. The minimum Gasteiger partial charge on any atom is -0.495 e. The SMILES string of the molecule is COc1cn2cnc(Br)c2cc1C. The fourth-order valence-corrected chi connectivity index (χ4v) is 1.71. The summed E-state index contributed by atoms with van der Waals surface area (Å²) in [5.41, 5.74) is 2.16. The van der Waals surface area contributed by atoms with Crippen LogP contribution >= 0.6 is 15.9 Å². The second-order valence-electron chi connectivity index (χ2n) is 2.85. The molecule has 3 nitrogen and oxygen atoms in total. The van der Waals surface area contributed by atoms with Gasteiger partial charge in [0.05, 0.1) is 18.8 Å². The van der Waals surface area contributed by atoms with E-state index in [2.05, 4.69) is 20.9 Å². The summed E-state index contributed by atoms with van der Waals surface area (Å²) >= 11 is 3.37. The molecule has 0 radical (unpaired) electrons. The summed E-state index contributed by atoms with van der Waals surface area (Å²) in [5, 5.41) is 0. The number of hydrogen-bond acceptors (Lipinski definition) is 2. The summed E-state index contributed by atoms with van der Waals surface area (Å²) in [6.07, 6.45) is 3.67. The largest absolute Gasteiger partial charge is 0.495 e. The lowest BCUT2D eigenvalue weighted by molar-refractivity contribution is 0.409. The topological polar surface area (TPSA) is 26.5 Å². The number of nitrogens with zero attached hydrogens (tertiary/aromatic N) is 2. The molecule has 0 spiro atoms. The normalized spacial score (nSPS) is 10.7. The minimum absolute atomic E-state index is 0.859. The molecule has 0 bridgehead atoms. The van der Waals surface area contributed by atoms with Crippen molar-refractivity contribution in [2.24, 2.45) is 0 Å². The molecule has 0 aliphatic heterocycles. The monoisotopic (exact) mass is 240 g/mol. The number of aryl methyl sites for hydroxylation is 1. The van der Waals surface area contributed by atoms with Crippen LogP contribution in [0.5, 0.6) is 5.75 Å². The second-order valence-corrected chi connectivity index (χ2v) is 3.60. The average molecular weight is 241 g/mol. The van der Waals surface area contributed by atoms with E-state index in [9.17, 15) is 0 Å². The third kappa shape index (κ3) is 1.31. The molecular formula is C9H9BrN2O. The van der Waals surface area contributed by atoms with Gasteiger partial charge in [-0.3, -0.25) is 0 Å². The number of hydrogen-bond donors (Lipinski definition) is 0. The molecular weight excluding hydrogens is 232 g/mol. The van der Waals surface area contributed by atoms with Gasteiger partial charge in [-0.05, 0) is 34.5 Å². The molecule has 0 unspecified atom stereocenters. The van der Waals surface area contributed by atoms with Gasteiger partial charge in [-0.1, -0.05) is 0 Å². The highest BCUT2D eigenvalue weighted by Crippen LogP contribution is 2.23. The van der Waals surface area contributed by atoms with E-state index < -0.39 is 0 Å². The molecule has 0 aliphatic carbocycles. The van der Waals surface area contributed by atoms with Crippen molar-refractivity contribution in [3.63, 3.8) is 0 Å². The zero-order chi connectivity index (χ0) is 9.42. The van der Waals surface area contributed by atoms with E-state index in [0.717, 1.165) is 21.4 Å². The Balaban J connectivity index is 2.76. The summed E-state index contributed by atoms with van der Waals surface area (Å²) in [6, 6.07) is 2.04. The van der Waals surface area contributed by atoms with Crippen LogP contribution in [0.3, 0.4) is 0 Å². The number of fused-ring (bicyclic) bond motifs is 1. The lowest BCUT2D eigenvalue weighted by atomic mass is 10.2. The first-order valence-corrected chi connectivity index (χ1v) is 4.68. The quantitative estimate of drug-likeness (QED) is 0.766. The number of ether oxygens (including phenoxy) is 1. The van der Waals surface area contributed by atoms with Gasteiger partial charge in [0, 0.05) is 0 Å². The Kier molecular flexibility index (Phi) is 2.00. The van der Waals surface area contributed by atoms with Gasteiger partial charge in [0.15, 0.2) is 0 Å². The number of rotatable bonds is 1. The molecule has 68 valence electrons. The Morgan fingerprint density at radius 1 is 1.54 bits per heavy atom. The molecule has 0 N–H and O–H groups in total. The van der Waals surface area contributed by atoms with Crippen LogP contribution in [0.2, 0.25) is 0 Å². The minimum atomic E-state index is 0.859. The fourth-order valence-electron chi connectivity index (χ4n) is 1.30. The maximum Gasteiger partial charge on any atom is 0.138 e. The van der Waals surface area contributed by atoms with Gasteiger partial charge < -0.3 is 9.14 Å². The molecule has 0 saturated heterocycles. The standard InChI is InChI=1S/C9H9BrN2O/c1-6-3-7-9(10)11-5-12(7)4-8(6)13-2/h3-5H,1-2H3. The van der Waals surface area contributed by atoms with E-state index in [1.54, 1.807) is 13.4 Å². The summed E-state index contributed by atoms with van der Waals surface area (Å²) in [6.45, 7) is 2.01. The summed E-state index contributed by atoms with van der Waals surface area (Å²) in [5.74, 6) is 0.873. The Bertz CT molecular complexity index is 450. The number of methoxy groups -OCH3 is 1. The van der Waals surface area contributed by atoms with Crippen molar-refractivity contribution < 1.29 is 4.74 Å². The van der Waals surface area contributed by atoms with E-state index >= 15 is 0 Å². The highest BCUT2D eigenvalue weighted by atomic mass is 79.9. The number of imidazole rings is 1. The van der Waals surface area contributed by atoms with Crippen LogP contribution in [0.25, 0.3) is 5.52 Å². The van der Waals surface area contributed by atoms with E-state index in [4.69, 9.17) is 4.74 Å².